The van der Waals surface area contributed by atoms with Crippen LogP contribution in [0.3, 0.4) is 0 Å². The number of aromatic amines is 1. The lowest BCUT2D eigenvalue weighted by Crippen LogP contribution is -2.33. The Hall–Kier alpha value is -1.52. The van der Waals surface area contributed by atoms with Crippen molar-refractivity contribution >= 4 is 5.82 Å². The van der Waals surface area contributed by atoms with Crippen LogP contribution in [0.5, 0.6) is 0 Å². The van der Waals surface area contributed by atoms with Crippen molar-refractivity contribution in [1.29, 1.82) is 0 Å². The first-order valence-electron chi connectivity index (χ1n) is 5.19. The number of aromatic nitrogens is 2. The van der Waals surface area contributed by atoms with Crippen LogP contribution in [-0.4, -0.2) is 9.55 Å². The lowest BCUT2D eigenvalue weighted by Gasteiger charge is -2.16. The fraction of sp³-hybridized carbons (Fsp3) is 0.600. The molecule has 0 aliphatic heterocycles. The molecule has 1 unspecified atom stereocenters. The van der Waals surface area contributed by atoms with Crippen molar-refractivity contribution in [2.75, 3.05) is 5.73 Å². The van der Waals surface area contributed by atoms with Crippen LogP contribution >= 0.6 is 0 Å². The smallest absolute Gasteiger partial charge is 0.330 e. The van der Waals surface area contributed by atoms with Crippen LogP contribution in [0.15, 0.2) is 15.7 Å². The molecule has 0 amide bonds. The Morgan fingerprint density at radius 2 is 2.27 bits per heavy atom. The number of anilines is 1. The number of hydrogen-bond donors (Lipinski definition) is 2. The second-order valence-electron chi connectivity index (χ2n) is 4.26. The number of nitrogen functional groups attached to an aromatic ring is 1. The molecule has 82 valence electrons. The molecule has 2 rings (SSSR count). The molecule has 0 aromatic carbocycles. The Morgan fingerprint density at radius 1 is 1.60 bits per heavy atom. The summed E-state index contributed by atoms with van der Waals surface area (Å²) in [5, 5.41) is 0. The van der Waals surface area contributed by atoms with Crippen molar-refractivity contribution in [1.82, 2.24) is 9.55 Å². The van der Waals surface area contributed by atoms with Gasteiger partial charge in [0.15, 0.2) is 0 Å². The summed E-state index contributed by atoms with van der Waals surface area (Å²) in [6.07, 6.45) is 3.43. The van der Waals surface area contributed by atoms with Gasteiger partial charge in [-0.05, 0) is 19.3 Å². The fourth-order valence-corrected chi connectivity index (χ4v) is 1.92. The van der Waals surface area contributed by atoms with Gasteiger partial charge in [0.05, 0.1) is 0 Å². The van der Waals surface area contributed by atoms with E-state index in [1.807, 2.05) is 6.92 Å². The molecule has 1 aliphatic rings. The van der Waals surface area contributed by atoms with Crippen LogP contribution in [0.25, 0.3) is 0 Å². The molecule has 1 aromatic rings. The molecular weight excluding hydrogens is 194 g/mol. The molecule has 5 nitrogen and oxygen atoms in total. The second-order valence-corrected chi connectivity index (χ2v) is 4.26. The molecule has 1 aliphatic carbocycles. The molecule has 0 spiro atoms. The summed E-state index contributed by atoms with van der Waals surface area (Å²) in [7, 11) is 0. The normalized spacial score (nSPS) is 17.7. The van der Waals surface area contributed by atoms with Gasteiger partial charge in [0, 0.05) is 12.1 Å². The maximum atomic E-state index is 11.5. The highest BCUT2D eigenvalue weighted by molar-refractivity contribution is 5.26. The minimum Gasteiger partial charge on any atom is -0.385 e. The zero-order valence-corrected chi connectivity index (χ0v) is 8.69. The predicted molar refractivity (Wildman–Crippen MR) is 57.8 cm³/mol. The third-order valence-corrected chi connectivity index (χ3v) is 2.82. The van der Waals surface area contributed by atoms with Gasteiger partial charge in [-0.3, -0.25) is 14.3 Å². The average Bonchev–Trinajstić information content (AvgIpc) is 2.85. The van der Waals surface area contributed by atoms with Gasteiger partial charge in [0.2, 0.25) is 0 Å². The standard InChI is InChI=1S/C10H15N3O2/c1-6(4-7-2-3-7)13-8(11)5-9(14)12-10(13)15/h5-7H,2-4,11H2,1H3,(H,12,14,15). The van der Waals surface area contributed by atoms with Crippen molar-refractivity contribution < 1.29 is 0 Å². The van der Waals surface area contributed by atoms with E-state index in [2.05, 4.69) is 4.98 Å². The van der Waals surface area contributed by atoms with Crippen molar-refractivity contribution in [2.45, 2.75) is 32.2 Å². The van der Waals surface area contributed by atoms with E-state index in [-0.39, 0.29) is 11.9 Å². The highest BCUT2D eigenvalue weighted by atomic mass is 16.2. The van der Waals surface area contributed by atoms with E-state index in [0.29, 0.717) is 0 Å². The Morgan fingerprint density at radius 3 is 2.80 bits per heavy atom. The SMILES string of the molecule is CC(CC1CC1)n1c(N)cc(=O)[nH]c1=O. The molecular formula is C10H15N3O2. The molecule has 15 heavy (non-hydrogen) atoms. The van der Waals surface area contributed by atoms with Gasteiger partial charge in [-0.15, -0.1) is 0 Å². The quantitative estimate of drug-likeness (QED) is 0.759. The number of rotatable bonds is 3. The first-order valence-corrected chi connectivity index (χ1v) is 5.19. The van der Waals surface area contributed by atoms with Crippen LogP contribution in [0, 0.1) is 5.92 Å². The maximum absolute atomic E-state index is 11.5. The summed E-state index contributed by atoms with van der Waals surface area (Å²) < 4.78 is 1.46. The van der Waals surface area contributed by atoms with E-state index in [1.54, 1.807) is 0 Å². The Kier molecular flexibility index (Phi) is 2.38. The number of nitrogens with two attached hydrogens (primary N) is 1. The minimum atomic E-state index is -0.438. The molecule has 0 saturated heterocycles. The summed E-state index contributed by atoms with van der Waals surface area (Å²) in [5.41, 5.74) is 4.82. The number of nitrogens with one attached hydrogen (secondary N) is 1. The summed E-state index contributed by atoms with van der Waals surface area (Å²) in [6.45, 7) is 1.95. The Bertz CT molecular complexity index is 470. The number of hydrogen-bond acceptors (Lipinski definition) is 3. The van der Waals surface area contributed by atoms with Crippen LogP contribution in [-0.2, 0) is 0 Å². The fourth-order valence-electron chi connectivity index (χ4n) is 1.92. The number of H-pyrrole nitrogens is 1. The lowest BCUT2D eigenvalue weighted by molar-refractivity contribution is 0.462. The summed E-state index contributed by atoms with van der Waals surface area (Å²) >= 11 is 0. The van der Waals surface area contributed by atoms with E-state index < -0.39 is 11.2 Å². The van der Waals surface area contributed by atoms with Crippen molar-refractivity contribution in [3.05, 3.63) is 26.9 Å². The van der Waals surface area contributed by atoms with Crippen LogP contribution in [0.2, 0.25) is 0 Å². The topological polar surface area (TPSA) is 80.9 Å². The van der Waals surface area contributed by atoms with E-state index in [0.717, 1.165) is 12.3 Å². The van der Waals surface area contributed by atoms with Gasteiger partial charge in [-0.25, -0.2) is 4.79 Å². The van der Waals surface area contributed by atoms with Gasteiger partial charge in [0.25, 0.3) is 5.56 Å². The second kappa shape index (κ2) is 3.56. The van der Waals surface area contributed by atoms with Gasteiger partial charge in [0.1, 0.15) is 5.82 Å². The predicted octanol–water partition coefficient (Wildman–Crippen LogP) is 0.480. The third-order valence-electron chi connectivity index (χ3n) is 2.82. The number of nitrogens with zero attached hydrogens (tertiary/aromatic N) is 1. The van der Waals surface area contributed by atoms with E-state index in [4.69, 9.17) is 5.73 Å². The Labute approximate surface area is 86.9 Å². The average molecular weight is 209 g/mol. The largest absolute Gasteiger partial charge is 0.385 e. The maximum Gasteiger partial charge on any atom is 0.330 e. The van der Waals surface area contributed by atoms with Crippen molar-refractivity contribution in [2.24, 2.45) is 5.92 Å². The summed E-state index contributed by atoms with van der Waals surface area (Å²) in [4.78, 5) is 24.7. The van der Waals surface area contributed by atoms with Gasteiger partial charge >= 0.3 is 5.69 Å². The first kappa shape index (κ1) is 10.0. The zero-order chi connectivity index (χ0) is 11.0. The van der Waals surface area contributed by atoms with Gasteiger partial charge in [-0.2, -0.15) is 0 Å². The van der Waals surface area contributed by atoms with Gasteiger partial charge in [-0.1, -0.05) is 12.8 Å². The monoisotopic (exact) mass is 209 g/mol. The highest BCUT2D eigenvalue weighted by Gasteiger charge is 2.25. The molecule has 3 N–H and O–H groups in total. The van der Waals surface area contributed by atoms with E-state index in [9.17, 15) is 9.59 Å². The Balaban J connectivity index is 2.33. The molecule has 1 heterocycles. The van der Waals surface area contributed by atoms with Crippen molar-refractivity contribution in [3.63, 3.8) is 0 Å². The zero-order valence-electron chi connectivity index (χ0n) is 8.69. The lowest BCUT2D eigenvalue weighted by atomic mass is 10.1. The first-order chi connectivity index (χ1) is 7.08. The molecule has 1 saturated carbocycles. The van der Waals surface area contributed by atoms with Gasteiger partial charge < -0.3 is 5.73 Å². The van der Waals surface area contributed by atoms with Crippen molar-refractivity contribution in [3.8, 4) is 0 Å². The molecule has 1 fully saturated rings. The van der Waals surface area contributed by atoms with E-state index >= 15 is 0 Å². The molecule has 0 radical (unpaired) electrons. The van der Waals surface area contributed by atoms with Crippen LogP contribution in [0.4, 0.5) is 5.82 Å². The van der Waals surface area contributed by atoms with E-state index in [1.165, 1.54) is 23.5 Å². The minimum absolute atomic E-state index is 0.0573. The van der Waals surface area contributed by atoms with Crippen LogP contribution in [0.1, 0.15) is 32.2 Å². The molecule has 5 heteroatoms. The molecule has 1 atom stereocenters. The third kappa shape index (κ3) is 2.11. The summed E-state index contributed by atoms with van der Waals surface area (Å²) in [5.74, 6) is 0.968. The molecule has 0 bridgehead atoms. The summed E-state index contributed by atoms with van der Waals surface area (Å²) in [6, 6.07) is 1.31. The van der Waals surface area contributed by atoms with Crippen LogP contribution < -0.4 is 17.0 Å². The highest BCUT2D eigenvalue weighted by Crippen LogP contribution is 2.36. The molecule has 1 aromatic heterocycles.